The molecule has 1 aliphatic rings. The number of ether oxygens (including phenoxy) is 1. The molecule has 106 valence electrons. The van der Waals surface area contributed by atoms with Gasteiger partial charge in [0.2, 0.25) is 0 Å². The molecule has 5 nitrogen and oxygen atoms in total. The third-order valence-corrected chi connectivity index (χ3v) is 3.28. The van der Waals surface area contributed by atoms with Crippen LogP contribution in [0.25, 0.3) is 0 Å². The number of carbonyl (C=O) groups excluding carboxylic acids is 1. The lowest BCUT2D eigenvalue weighted by atomic mass is 10.0. The Morgan fingerprint density at radius 1 is 1.20 bits per heavy atom. The second kappa shape index (κ2) is 6.84. The third-order valence-electron chi connectivity index (χ3n) is 3.28. The van der Waals surface area contributed by atoms with E-state index in [0.717, 1.165) is 25.7 Å². The molecule has 2 rings (SSSR count). The van der Waals surface area contributed by atoms with Crippen LogP contribution in [0.1, 0.15) is 42.5 Å². The minimum atomic E-state index is -0.493. The van der Waals surface area contributed by atoms with Crippen LogP contribution in [0.4, 0.5) is 5.69 Å². The largest absolute Gasteiger partial charge is 0.455 e. The Balaban J connectivity index is 1.99. The Bertz CT molecular complexity index is 507. The minimum absolute atomic E-state index is 0.0348. The van der Waals surface area contributed by atoms with Crippen LogP contribution in [0.3, 0.4) is 0 Å². The lowest BCUT2D eigenvalue weighted by Crippen LogP contribution is -2.17. The summed E-state index contributed by atoms with van der Waals surface area (Å²) in [6.07, 6.45) is 9.01. The molecule has 0 bridgehead atoms. The molecular weight excluding hydrogens is 258 g/mol. The molecule has 20 heavy (non-hydrogen) atoms. The summed E-state index contributed by atoms with van der Waals surface area (Å²) in [5.41, 5.74) is 0.304. The monoisotopic (exact) mass is 275 g/mol. The first-order chi connectivity index (χ1) is 9.66. The first kappa shape index (κ1) is 14.2. The molecule has 0 spiro atoms. The zero-order valence-electron chi connectivity index (χ0n) is 11.2. The summed E-state index contributed by atoms with van der Waals surface area (Å²) in [4.78, 5) is 22.0. The summed E-state index contributed by atoms with van der Waals surface area (Å²) in [6.45, 7) is 0. The van der Waals surface area contributed by atoms with Crippen molar-refractivity contribution >= 4 is 11.7 Å². The van der Waals surface area contributed by atoms with Crippen LogP contribution < -0.4 is 0 Å². The molecule has 0 fully saturated rings. The molecule has 0 saturated heterocycles. The van der Waals surface area contributed by atoms with E-state index in [-0.39, 0.29) is 11.8 Å². The average molecular weight is 275 g/mol. The summed E-state index contributed by atoms with van der Waals surface area (Å²) in [5, 5.41) is 10.5. The van der Waals surface area contributed by atoms with Gasteiger partial charge in [-0.2, -0.15) is 0 Å². The van der Waals surface area contributed by atoms with Crippen molar-refractivity contribution < 1.29 is 14.5 Å². The molecule has 0 heterocycles. The first-order valence-electron chi connectivity index (χ1n) is 6.79. The molecule has 1 atom stereocenters. The van der Waals surface area contributed by atoms with E-state index in [1.54, 1.807) is 0 Å². The number of rotatable bonds is 3. The number of nitro groups is 1. The van der Waals surface area contributed by atoms with Crippen molar-refractivity contribution in [3.63, 3.8) is 0 Å². The fourth-order valence-corrected chi connectivity index (χ4v) is 2.15. The summed E-state index contributed by atoms with van der Waals surface area (Å²) in [7, 11) is 0. The van der Waals surface area contributed by atoms with Gasteiger partial charge in [-0.25, -0.2) is 4.79 Å². The fourth-order valence-electron chi connectivity index (χ4n) is 2.15. The van der Waals surface area contributed by atoms with Crippen molar-refractivity contribution in [1.29, 1.82) is 0 Å². The molecule has 0 radical (unpaired) electrons. The molecule has 0 unspecified atom stereocenters. The van der Waals surface area contributed by atoms with E-state index in [9.17, 15) is 14.9 Å². The van der Waals surface area contributed by atoms with Crippen LogP contribution in [0.15, 0.2) is 36.4 Å². The number of non-ortho nitro benzene ring substituents is 1. The Morgan fingerprint density at radius 3 is 2.65 bits per heavy atom. The Labute approximate surface area is 117 Å². The quantitative estimate of drug-likeness (QED) is 0.365. The van der Waals surface area contributed by atoms with Gasteiger partial charge < -0.3 is 4.74 Å². The number of hydrogen-bond acceptors (Lipinski definition) is 4. The predicted octanol–water partition coefficient (Wildman–Crippen LogP) is 3.64. The number of allylic oxidation sites excluding steroid dienone is 1. The zero-order valence-corrected chi connectivity index (χ0v) is 11.2. The number of hydrogen-bond donors (Lipinski definition) is 0. The van der Waals surface area contributed by atoms with E-state index < -0.39 is 10.9 Å². The molecule has 0 aromatic heterocycles. The summed E-state index contributed by atoms with van der Waals surface area (Å²) < 4.78 is 5.42. The SMILES string of the molecule is O=C(O[C@H]1/C=C/CCCCC1)c1ccc([N+](=O)[O-])cc1. The number of nitrogens with zero attached hydrogens (tertiary/aromatic N) is 1. The highest BCUT2D eigenvalue weighted by atomic mass is 16.6. The number of nitro benzene ring substituents is 1. The Morgan fingerprint density at radius 2 is 1.95 bits per heavy atom. The second-order valence-corrected chi connectivity index (χ2v) is 4.81. The zero-order chi connectivity index (χ0) is 14.4. The molecule has 1 aliphatic carbocycles. The lowest BCUT2D eigenvalue weighted by molar-refractivity contribution is -0.384. The Kier molecular flexibility index (Phi) is 4.87. The third kappa shape index (κ3) is 3.91. The summed E-state index contributed by atoms with van der Waals surface area (Å²) in [6, 6.07) is 5.47. The van der Waals surface area contributed by atoms with Gasteiger partial charge in [0.1, 0.15) is 6.10 Å². The van der Waals surface area contributed by atoms with E-state index in [0.29, 0.717) is 5.56 Å². The molecule has 0 aliphatic heterocycles. The maximum atomic E-state index is 12.0. The highest BCUT2D eigenvalue weighted by molar-refractivity contribution is 5.89. The summed E-state index contributed by atoms with van der Waals surface area (Å²) in [5.74, 6) is -0.435. The number of carbonyl (C=O) groups is 1. The topological polar surface area (TPSA) is 69.4 Å². The van der Waals surface area contributed by atoms with E-state index in [4.69, 9.17) is 4.74 Å². The molecule has 0 saturated carbocycles. The summed E-state index contributed by atoms with van der Waals surface area (Å²) >= 11 is 0. The van der Waals surface area contributed by atoms with E-state index in [2.05, 4.69) is 0 Å². The van der Waals surface area contributed by atoms with Crippen LogP contribution in [-0.2, 0) is 4.74 Å². The lowest BCUT2D eigenvalue weighted by Gasteiger charge is -2.16. The molecule has 0 amide bonds. The highest BCUT2D eigenvalue weighted by Crippen LogP contribution is 2.17. The van der Waals surface area contributed by atoms with Crippen LogP contribution in [0, 0.1) is 10.1 Å². The molecule has 1 aromatic rings. The standard InChI is InChI=1S/C15H17NO4/c17-15(12-8-10-13(11-9-12)16(18)19)20-14-6-4-2-1-3-5-7-14/h4,6,8-11,14H,1-3,5,7H2/b6-4+/t14-/m0/s1. The van der Waals surface area contributed by atoms with Crippen molar-refractivity contribution in [2.45, 2.75) is 38.2 Å². The van der Waals surface area contributed by atoms with E-state index in [1.807, 2.05) is 12.2 Å². The number of benzene rings is 1. The van der Waals surface area contributed by atoms with Gasteiger partial charge in [-0.3, -0.25) is 10.1 Å². The van der Waals surface area contributed by atoms with Crippen molar-refractivity contribution in [3.8, 4) is 0 Å². The van der Waals surface area contributed by atoms with Crippen LogP contribution in [0.2, 0.25) is 0 Å². The average Bonchev–Trinajstić information content (AvgIpc) is 2.41. The normalized spacial score (nSPS) is 20.5. The van der Waals surface area contributed by atoms with Gasteiger partial charge in [-0.15, -0.1) is 0 Å². The van der Waals surface area contributed by atoms with Crippen LogP contribution in [0.5, 0.6) is 0 Å². The smallest absolute Gasteiger partial charge is 0.338 e. The maximum Gasteiger partial charge on any atom is 0.338 e. The van der Waals surface area contributed by atoms with E-state index >= 15 is 0 Å². The van der Waals surface area contributed by atoms with Crippen molar-refractivity contribution in [2.75, 3.05) is 0 Å². The van der Waals surface area contributed by atoms with Crippen molar-refractivity contribution in [1.82, 2.24) is 0 Å². The minimum Gasteiger partial charge on any atom is -0.455 e. The van der Waals surface area contributed by atoms with E-state index in [1.165, 1.54) is 30.7 Å². The number of esters is 1. The first-order valence-corrected chi connectivity index (χ1v) is 6.79. The van der Waals surface area contributed by atoms with Crippen molar-refractivity contribution in [3.05, 3.63) is 52.1 Å². The van der Waals surface area contributed by atoms with Gasteiger partial charge in [0, 0.05) is 12.1 Å². The van der Waals surface area contributed by atoms with Gasteiger partial charge >= 0.3 is 5.97 Å². The van der Waals surface area contributed by atoms with Gasteiger partial charge in [-0.1, -0.05) is 12.5 Å². The molecule has 0 N–H and O–H groups in total. The second-order valence-electron chi connectivity index (χ2n) is 4.81. The van der Waals surface area contributed by atoms with Crippen LogP contribution >= 0.6 is 0 Å². The van der Waals surface area contributed by atoms with Gasteiger partial charge in [-0.05, 0) is 43.9 Å². The Hall–Kier alpha value is -2.17. The predicted molar refractivity (Wildman–Crippen MR) is 74.5 cm³/mol. The molecule has 5 heteroatoms. The van der Waals surface area contributed by atoms with Crippen LogP contribution in [-0.4, -0.2) is 17.0 Å². The maximum absolute atomic E-state index is 12.0. The van der Waals surface area contributed by atoms with Gasteiger partial charge in [0.05, 0.1) is 10.5 Å². The fraction of sp³-hybridized carbons (Fsp3) is 0.400. The highest BCUT2D eigenvalue weighted by Gasteiger charge is 2.15. The molecular formula is C15H17NO4. The van der Waals surface area contributed by atoms with Crippen molar-refractivity contribution in [2.24, 2.45) is 0 Å². The molecule has 1 aromatic carbocycles. The van der Waals surface area contributed by atoms with Gasteiger partial charge in [0.15, 0.2) is 0 Å². The van der Waals surface area contributed by atoms with Gasteiger partial charge in [0.25, 0.3) is 5.69 Å².